The molecule has 2 aromatic heterocycles. The van der Waals surface area contributed by atoms with Crippen LogP contribution in [0.15, 0.2) is 44.7 Å². The number of aliphatic imine (C=N–C) groups is 1. The summed E-state index contributed by atoms with van der Waals surface area (Å²) in [6.45, 7) is 11.8. The van der Waals surface area contributed by atoms with Crippen LogP contribution >= 0.6 is 11.6 Å². The number of hydrogen-bond donors (Lipinski definition) is 2. The maximum absolute atomic E-state index is 13.5. The van der Waals surface area contributed by atoms with Crippen molar-refractivity contribution < 1.29 is 13.9 Å². The van der Waals surface area contributed by atoms with Crippen molar-refractivity contribution in [3.8, 4) is 6.07 Å². The van der Waals surface area contributed by atoms with E-state index in [4.69, 9.17) is 26.5 Å². The standard InChI is InChI=1S/C30H33ClN6O4/c1-16-9-21(18(3)35-23-7-8-25(31)36-24(23)12-33)28-22(10-16)26(38)17(2)27(40-28)19(11-32)13-34-20-14-37(15-20)29(39)41-30(4,5)6/h7-11,13,18,20,35H,14-15,32H2,1-6H3/t18-/m1/s1. The van der Waals surface area contributed by atoms with Gasteiger partial charge < -0.3 is 25.1 Å². The molecule has 1 saturated heterocycles. The molecule has 0 saturated carbocycles. The van der Waals surface area contributed by atoms with Gasteiger partial charge in [-0.3, -0.25) is 9.79 Å². The van der Waals surface area contributed by atoms with Gasteiger partial charge in [-0.2, -0.15) is 5.26 Å². The smallest absolute Gasteiger partial charge is 0.410 e. The minimum atomic E-state index is -0.569. The van der Waals surface area contributed by atoms with Crippen LogP contribution in [0.3, 0.4) is 0 Å². The second-order valence-corrected chi connectivity index (χ2v) is 11.5. The van der Waals surface area contributed by atoms with Crippen LogP contribution in [-0.2, 0) is 4.74 Å². The summed E-state index contributed by atoms with van der Waals surface area (Å²) in [5.41, 5.74) is 8.71. The maximum Gasteiger partial charge on any atom is 0.410 e. The Balaban J connectivity index is 1.64. The van der Waals surface area contributed by atoms with Gasteiger partial charge in [0.05, 0.1) is 28.7 Å². The molecule has 11 heteroatoms. The van der Waals surface area contributed by atoms with Gasteiger partial charge in [-0.05, 0) is 65.3 Å². The first-order chi connectivity index (χ1) is 19.3. The quantitative estimate of drug-likeness (QED) is 0.289. The lowest BCUT2D eigenvalue weighted by molar-refractivity contribution is 0.00911. The van der Waals surface area contributed by atoms with Crippen LogP contribution in [-0.4, -0.2) is 46.9 Å². The van der Waals surface area contributed by atoms with Gasteiger partial charge in [-0.15, -0.1) is 0 Å². The molecule has 1 aromatic carbocycles. The third-order valence-electron chi connectivity index (χ3n) is 6.58. The van der Waals surface area contributed by atoms with E-state index < -0.39 is 5.60 Å². The number of allylic oxidation sites excluding steroid dienone is 1. The van der Waals surface area contributed by atoms with Gasteiger partial charge in [0.15, 0.2) is 11.1 Å². The number of rotatable bonds is 6. The number of hydrogen-bond acceptors (Lipinski definition) is 9. The Kier molecular flexibility index (Phi) is 8.40. The number of likely N-dealkylation sites (tertiary alicyclic amines) is 1. The summed E-state index contributed by atoms with van der Waals surface area (Å²) in [6, 6.07) is 8.55. The Morgan fingerprint density at radius 1 is 1.34 bits per heavy atom. The van der Waals surface area contributed by atoms with Gasteiger partial charge in [-0.25, -0.2) is 9.78 Å². The van der Waals surface area contributed by atoms with E-state index >= 15 is 0 Å². The van der Waals surface area contributed by atoms with Crippen molar-refractivity contribution >= 4 is 46.1 Å². The molecule has 3 aromatic rings. The van der Waals surface area contributed by atoms with E-state index in [1.165, 1.54) is 6.20 Å². The highest BCUT2D eigenvalue weighted by atomic mass is 35.5. The van der Waals surface area contributed by atoms with E-state index in [0.717, 1.165) is 11.1 Å². The summed E-state index contributed by atoms with van der Waals surface area (Å²) < 4.78 is 11.8. The lowest BCUT2D eigenvalue weighted by atomic mass is 9.99. The number of nitriles is 1. The Morgan fingerprint density at radius 3 is 2.68 bits per heavy atom. The SMILES string of the molecule is Cc1cc([C@@H](C)Nc2ccc(Cl)nc2C#N)c2oc(C(C=NC3CN(C(=O)OC(C)(C)C)C3)=CN)c(C)c(=O)c2c1. The molecule has 1 aliphatic heterocycles. The minimum Gasteiger partial charge on any atom is -0.455 e. The molecule has 0 aliphatic carbocycles. The molecule has 0 spiro atoms. The molecule has 0 unspecified atom stereocenters. The fourth-order valence-corrected chi connectivity index (χ4v) is 4.65. The first kappa shape index (κ1) is 29.6. The number of carbonyl (C=O) groups excluding carboxylic acids is 1. The number of nitrogens with one attached hydrogen (secondary N) is 1. The summed E-state index contributed by atoms with van der Waals surface area (Å²) in [7, 11) is 0. The molecule has 214 valence electrons. The summed E-state index contributed by atoms with van der Waals surface area (Å²) in [4.78, 5) is 36.0. The van der Waals surface area contributed by atoms with E-state index in [9.17, 15) is 14.9 Å². The molecule has 1 atom stereocenters. The van der Waals surface area contributed by atoms with Crippen molar-refractivity contribution in [1.82, 2.24) is 9.88 Å². The van der Waals surface area contributed by atoms with Crippen LogP contribution in [0.4, 0.5) is 10.5 Å². The number of carbonyl (C=O) groups is 1. The van der Waals surface area contributed by atoms with Crippen LogP contribution < -0.4 is 16.5 Å². The molecule has 3 N–H and O–H groups in total. The zero-order valence-electron chi connectivity index (χ0n) is 23.9. The number of halogens is 1. The van der Waals surface area contributed by atoms with Crippen molar-refractivity contribution in [2.24, 2.45) is 10.7 Å². The predicted molar refractivity (Wildman–Crippen MR) is 160 cm³/mol. The highest BCUT2D eigenvalue weighted by Crippen LogP contribution is 2.31. The summed E-state index contributed by atoms with van der Waals surface area (Å²) in [6.07, 6.45) is 2.54. The van der Waals surface area contributed by atoms with Crippen LogP contribution in [0, 0.1) is 25.2 Å². The number of pyridine rings is 1. The molecule has 41 heavy (non-hydrogen) atoms. The van der Waals surface area contributed by atoms with Crippen LogP contribution in [0.25, 0.3) is 16.5 Å². The zero-order chi connectivity index (χ0) is 30.1. The number of nitrogens with two attached hydrogens (primary N) is 1. The van der Waals surface area contributed by atoms with Gasteiger partial charge >= 0.3 is 6.09 Å². The molecule has 1 aliphatic rings. The number of anilines is 1. The normalized spacial score (nSPS) is 15.1. The third kappa shape index (κ3) is 6.52. The number of amides is 1. The highest BCUT2D eigenvalue weighted by molar-refractivity contribution is 6.29. The fraction of sp³-hybridized carbons (Fsp3) is 0.367. The summed E-state index contributed by atoms with van der Waals surface area (Å²) >= 11 is 5.95. The molecule has 0 bridgehead atoms. The van der Waals surface area contributed by atoms with Crippen molar-refractivity contribution in [3.05, 3.63) is 74.0 Å². The molecule has 10 nitrogen and oxygen atoms in total. The number of nitrogens with zero attached hydrogens (tertiary/aromatic N) is 4. The van der Waals surface area contributed by atoms with Crippen molar-refractivity contribution in [2.45, 2.75) is 59.2 Å². The topological polar surface area (TPSA) is 147 Å². The Bertz CT molecular complexity index is 1660. The van der Waals surface area contributed by atoms with E-state index in [1.54, 1.807) is 36.2 Å². The molecule has 4 rings (SSSR count). The highest BCUT2D eigenvalue weighted by Gasteiger charge is 2.33. The van der Waals surface area contributed by atoms with Crippen molar-refractivity contribution in [1.29, 1.82) is 5.26 Å². The van der Waals surface area contributed by atoms with Crippen molar-refractivity contribution in [2.75, 3.05) is 18.4 Å². The largest absolute Gasteiger partial charge is 0.455 e. The van der Waals surface area contributed by atoms with Gasteiger partial charge in [0.25, 0.3) is 0 Å². The van der Waals surface area contributed by atoms with Crippen LogP contribution in [0.2, 0.25) is 5.15 Å². The molecular formula is C30H33ClN6O4. The molecule has 1 amide bonds. The monoisotopic (exact) mass is 576 g/mol. The number of fused-ring (bicyclic) bond motifs is 1. The first-order valence-electron chi connectivity index (χ1n) is 13.2. The number of ether oxygens (including phenoxy) is 1. The Hall–Kier alpha value is -4.36. The average molecular weight is 577 g/mol. The molecule has 0 radical (unpaired) electrons. The predicted octanol–water partition coefficient (Wildman–Crippen LogP) is 5.49. The Labute approximate surface area is 243 Å². The van der Waals surface area contributed by atoms with Crippen molar-refractivity contribution in [3.63, 3.8) is 0 Å². The Morgan fingerprint density at radius 2 is 2.05 bits per heavy atom. The van der Waals surface area contributed by atoms with E-state index in [0.29, 0.717) is 46.6 Å². The lowest BCUT2D eigenvalue weighted by Gasteiger charge is -2.37. The average Bonchev–Trinajstić information content (AvgIpc) is 2.87. The second kappa shape index (κ2) is 11.6. The van der Waals surface area contributed by atoms with E-state index in [2.05, 4.69) is 15.3 Å². The zero-order valence-corrected chi connectivity index (χ0v) is 24.7. The maximum atomic E-state index is 13.5. The third-order valence-corrected chi connectivity index (χ3v) is 6.79. The van der Waals surface area contributed by atoms with E-state index in [-0.39, 0.29) is 34.5 Å². The molecule has 1 fully saturated rings. The fourth-order valence-electron chi connectivity index (χ4n) is 4.50. The van der Waals surface area contributed by atoms with Crippen LogP contribution in [0.5, 0.6) is 0 Å². The van der Waals surface area contributed by atoms with Gasteiger partial charge in [0.1, 0.15) is 28.2 Å². The molecular weight excluding hydrogens is 544 g/mol. The van der Waals surface area contributed by atoms with Gasteiger partial charge in [-0.1, -0.05) is 17.7 Å². The van der Waals surface area contributed by atoms with Crippen LogP contribution in [0.1, 0.15) is 61.9 Å². The second-order valence-electron chi connectivity index (χ2n) is 11.1. The lowest BCUT2D eigenvalue weighted by Crippen LogP contribution is -2.54. The number of aryl methyl sites for hydroxylation is 1. The van der Waals surface area contributed by atoms with Gasteiger partial charge in [0, 0.05) is 36.6 Å². The van der Waals surface area contributed by atoms with E-state index in [1.807, 2.05) is 46.8 Å². The number of benzene rings is 1. The first-order valence-corrected chi connectivity index (χ1v) is 13.5. The summed E-state index contributed by atoms with van der Waals surface area (Å²) in [5.74, 6) is 0.306. The molecule has 3 heterocycles. The van der Waals surface area contributed by atoms with Gasteiger partial charge in [0.2, 0.25) is 0 Å². The number of aromatic nitrogens is 1. The minimum absolute atomic E-state index is 0.130. The summed E-state index contributed by atoms with van der Waals surface area (Å²) in [5, 5.41) is 13.4.